The molecule has 1 aliphatic rings. The van der Waals surface area contributed by atoms with Gasteiger partial charge in [-0.05, 0) is 42.2 Å². The maximum Gasteiger partial charge on any atom is 0.511 e. The zero-order valence-electron chi connectivity index (χ0n) is 19.1. The van der Waals surface area contributed by atoms with E-state index >= 15 is 0 Å². The summed E-state index contributed by atoms with van der Waals surface area (Å²) in [7, 11) is -5.44. The molecule has 0 spiro atoms. The second kappa shape index (κ2) is 10.1. The van der Waals surface area contributed by atoms with Gasteiger partial charge in [0.25, 0.3) is 0 Å². The summed E-state index contributed by atoms with van der Waals surface area (Å²) in [5.74, 6) is -1.28. The zero-order chi connectivity index (χ0) is 26.1. The Morgan fingerprint density at radius 1 is 1.00 bits per heavy atom. The third kappa shape index (κ3) is 5.17. The Hall–Kier alpha value is -3.18. The molecule has 1 atom stereocenters. The van der Waals surface area contributed by atoms with Crippen molar-refractivity contribution in [3.63, 3.8) is 0 Å². The van der Waals surface area contributed by atoms with Gasteiger partial charge >= 0.3 is 15.5 Å². The van der Waals surface area contributed by atoms with Crippen molar-refractivity contribution in [3.8, 4) is 11.3 Å². The summed E-state index contributed by atoms with van der Waals surface area (Å²) in [6, 6.07) is 13.9. The lowest BCUT2D eigenvalue weighted by Crippen LogP contribution is -2.40. The molecule has 190 valence electrons. The number of hydrogen-bond acceptors (Lipinski definition) is 4. The van der Waals surface area contributed by atoms with E-state index in [4.69, 9.17) is 0 Å². The number of aromatic nitrogens is 1. The summed E-state index contributed by atoms with van der Waals surface area (Å²) in [5.41, 5.74) is -2.59. The highest BCUT2D eigenvalue weighted by molar-refractivity contribution is 7.89. The maximum atomic E-state index is 14.1. The molecule has 4 rings (SSSR count). The first-order valence-corrected chi connectivity index (χ1v) is 12.6. The highest BCUT2D eigenvalue weighted by atomic mass is 32.2. The molecule has 5 nitrogen and oxygen atoms in total. The number of hydrogen-bond donors (Lipinski definition) is 0. The van der Waals surface area contributed by atoms with Crippen LogP contribution in [-0.2, 0) is 16.6 Å². The first kappa shape index (κ1) is 25.9. The van der Waals surface area contributed by atoms with Crippen LogP contribution < -0.4 is 0 Å². The molecular formula is C25H22F5N3O2S. The number of alkyl halides is 3. The smallest absolute Gasteiger partial charge is 0.281 e. The minimum Gasteiger partial charge on any atom is -0.281 e. The largest absolute Gasteiger partial charge is 0.511 e. The van der Waals surface area contributed by atoms with E-state index in [0.717, 1.165) is 11.1 Å². The Morgan fingerprint density at radius 3 is 2.22 bits per heavy atom. The molecule has 0 fully saturated rings. The topological polar surface area (TPSA) is 62.6 Å². The fourth-order valence-corrected chi connectivity index (χ4v) is 5.03. The molecule has 1 aliphatic heterocycles. The number of nitrogens with zero attached hydrogens (tertiary/aromatic N) is 3. The fourth-order valence-electron chi connectivity index (χ4n) is 4.08. The van der Waals surface area contributed by atoms with Crippen LogP contribution in [0.15, 0.2) is 65.8 Å². The second-order valence-electron chi connectivity index (χ2n) is 8.28. The summed E-state index contributed by atoms with van der Waals surface area (Å²) in [5, 5.41) is 0. The van der Waals surface area contributed by atoms with Crippen molar-refractivity contribution in [2.45, 2.75) is 37.9 Å². The molecule has 0 saturated carbocycles. The molecular weight excluding hydrogens is 501 g/mol. The summed E-state index contributed by atoms with van der Waals surface area (Å²) in [6.45, 7) is 0.548. The molecule has 1 aromatic heterocycles. The third-order valence-electron chi connectivity index (χ3n) is 5.98. The molecule has 2 heterocycles. The second-order valence-corrected chi connectivity index (χ2v) is 10.2. The minimum absolute atomic E-state index is 0.0921. The van der Waals surface area contributed by atoms with Gasteiger partial charge in [0.1, 0.15) is 11.6 Å². The molecule has 11 heteroatoms. The number of halogens is 5. The molecule has 0 aliphatic carbocycles. The van der Waals surface area contributed by atoms with E-state index < -0.39 is 33.7 Å². The van der Waals surface area contributed by atoms with Crippen molar-refractivity contribution in [1.29, 1.82) is 0 Å². The van der Waals surface area contributed by atoms with Crippen molar-refractivity contribution >= 4 is 15.7 Å². The molecule has 0 amide bonds. The van der Waals surface area contributed by atoms with Gasteiger partial charge in [-0.2, -0.15) is 17.5 Å². The average Bonchev–Trinajstić information content (AvgIpc) is 3.32. The lowest BCUT2D eigenvalue weighted by Gasteiger charge is -2.21. The molecule has 2 aromatic carbocycles. The van der Waals surface area contributed by atoms with Crippen LogP contribution >= 0.6 is 0 Å². The van der Waals surface area contributed by atoms with Crippen molar-refractivity contribution in [3.05, 3.63) is 89.1 Å². The number of benzene rings is 2. The monoisotopic (exact) mass is 523 g/mol. The van der Waals surface area contributed by atoms with Gasteiger partial charge in [0.2, 0.25) is 0 Å². The number of aliphatic imine (C=N–C) groups is 1. The Labute approximate surface area is 205 Å². The first-order chi connectivity index (χ1) is 17.0. The Bertz CT molecular complexity index is 1350. The van der Waals surface area contributed by atoms with E-state index in [0.29, 0.717) is 34.1 Å². The van der Waals surface area contributed by atoms with Gasteiger partial charge in [-0.3, -0.25) is 9.98 Å². The van der Waals surface area contributed by atoms with Gasteiger partial charge in [-0.15, -0.1) is 0 Å². The summed E-state index contributed by atoms with van der Waals surface area (Å²) < 4.78 is 90.5. The maximum absolute atomic E-state index is 14.1. The van der Waals surface area contributed by atoms with Crippen molar-refractivity contribution in [2.24, 2.45) is 4.99 Å². The van der Waals surface area contributed by atoms with Crippen LogP contribution in [0.2, 0.25) is 0 Å². The van der Waals surface area contributed by atoms with E-state index in [1.807, 2.05) is 12.1 Å². The molecule has 3 aromatic rings. The molecule has 0 saturated heterocycles. The summed E-state index contributed by atoms with van der Waals surface area (Å²) >= 11 is 0. The zero-order valence-corrected chi connectivity index (χ0v) is 20.0. The quantitative estimate of drug-likeness (QED) is 0.356. The Kier molecular flexibility index (Phi) is 7.24. The highest BCUT2D eigenvalue weighted by Crippen LogP contribution is 2.33. The highest BCUT2D eigenvalue weighted by Gasteiger charge is 2.49. The van der Waals surface area contributed by atoms with Crippen LogP contribution in [-0.4, -0.2) is 35.5 Å². The van der Waals surface area contributed by atoms with Crippen LogP contribution in [0, 0.1) is 11.6 Å². The van der Waals surface area contributed by atoms with Crippen LogP contribution in [0.5, 0.6) is 0 Å². The van der Waals surface area contributed by atoms with Gasteiger partial charge < -0.3 is 0 Å². The first-order valence-electron chi connectivity index (χ1n) is 11.1. The van der Waals surface area contributed by atoms with E-state index in [1.54, 1.807) is 18.2 Å². The fraction of sp³-hybridized carbons (Fsp3) is 0.280. The molecule has 1 unspecified atom stereocenters. The van der Waals surface area contributed by atoms with Gasteiger partial charge in [0.15, 0.2) is 0 Å². The summed E-state index contributed by atoms with van der Waals surface area (Å²) in [6.07, 6.45) is 2.41. The minimum atomic E-state index is -5.44. The molecule has 36 heavy (non-hydrogen) atoms. The van der Waals surface area contributed by atoms with Crippen molar-refractivity contribution in [1.82, 2.24) is 9.29 Å². The molecule has 0 N–H and O–H groups in total. The van der Waals surface area contributed by atoms with Crippen molar-refractivity contribution < 1.29 is 30.4 Å². The molecule has 0 bridgehead atoms. The summed E-state index contributed by atoms with van der Waals surface area (Å²) in [4.78, 5) is 8.79. The molecule has 0 radical (unpaired) electrons. The third-order valence-corrected chi connectivity index (χ3v) is 7.63. The lowest BCUT2D eigenvalue weighted by atomic mass is 10.0. The van der Waals surface area contributed by atoms with E-state index in [1.165, 1.54) is 37.4 Å². The van der Waals surface area contributed by atoms with E-state index in [-0.39, 0.29) is 18.2 Å². The van der Waals surface area contributed by atoms with E-state index in [9.17, 15) is 30.4 Å². The predicted octanol–water partition coefficient (Wildman–Crippen LogP) is 6.02. The van der Waals surface area contributed by atoms with Crippen LogP contribution in [0.3, 0.4) is 0 Å². The Morgan fingerprint density at radius 2 is 1.67 bits per heavy atom. The number of pyridine rings is 1. The number of rotatable bonds is 7. The SMILES string of the molecule is CCN(Cc1ccc(-c2ccc(C3CCC(c4c(F)cccc4F)=N3)cc2)nc1)S(=O)(=O)C(F)(F)F. The van der Waals surface area contributed by atoms with Crippen LogP contribution in [0.25, 0.3) is 11.3 Å². The van der Waals surface area contributed by atoms with Crippen LogP contribution in [0.4, 0.5) is 22.0 Å². The van der Waals surface area contributed by atoms with Crippen LogP contribution in [0.1, 0.15) is 42.5 Å². The standard InChI is InChI=1S/C25H22F5N3O2S/c1-2-33(36(34,35)25(28,29)30)15-16-6-11-21(31-14-16)17-7-9-18(10-8-17)22-12-13-23(32-22)24-19(26)4-3-5-20(24)27/h3-11,14,22H,2,12-13,15H2,1H3. The predicted molar refractivity (Wildman–Crippen MR) is 126 cm³/mol. The van der Waals surface area contributed by atoms with Gasteiger partial charge in [0.05, 0.1) is 17.3 Å². The van der Waals surface area contributed by atoms with Gasteiger partial charge in [0, 0.05) is 30.6 Å². The normalized spacial score (nSPS) is 16.4. The van der Waals surface area contributed by atoms with Gasteiger partial charge in [-0.1, -0.05) is 43.3 Å². The van der Waals surface area contributed by atoms with E-state index in [2.05, 4.69) is 9.98 Å². The van der Waals surface area contributed by atoms with Crippen molar-refractivity contribution in [2.75, 3.05) is 6.54 Å². The average molecular weight is 524 g/mol. The number of sulfonamides is 1. The van der Waals surface area contributed by atoms with Gasteiger partial charge in [-0.25, -0.2) is 17.2 Å². The lowest BCUT2D eigenvalue weighted by molar-refractivity contribution is -0.0490. The Balaban J connectivity index is 1.47.